The van der Waals surface area contributed by atoms with E-state index in [1.807, 2.05) is 23.1 Å². The van der Waals surface area contributed by atoms with Crippen LogP contribution in [0.2, 0.25) is 0 Å². The highest BCUT2D eigenvalue weighted by Gasteiger charge is 2.30. The van der Waals surface area contributed by atoms with Crippen LogP contribution in [0.5, 0.6) is 0 Å². The minimum atomic E-state index is -0.189. The molecule has 4 rings (SSSR count). The Kier molecular flexibility index (Phi) is 7.03. The zero-order valence-corrected chi connectivity index (χ0v) is 18.5. The smallest absolute Gasteiger partial charge is 0.222 e. The average molecular weight is 420 g/mol. The van der Waals surface area contributed by atoms with Gasteiger partial charge in [-0.3, -0.25) is 14.5 Å². The number of fused-ring (bicyclic) bond motifs is 1. The third-order valence-electron chi connectivity index (χ3n) is 6.63. The number of carbonyl (C=O) groups is 2. The fourth-order valence-electron chi connectivity index (χ4n) is 4.93. The molecular formula is C26H33N3O2. The molecule has 2 heterocycles. The van der Waals surface area contributed by atoms with E-state index in [4.69, 9.17) is 0 Å². The first kappa shape index (κ1) is 21.6. The summed E-state index contributed by atoms with van der Waals surface area (Å²) in [7, 11) is 0. The third-order valence-corrected chi connectivity index (χ3v) is 6.63. The topological polar surface area (TPSA) is 52.7 Å². The third kappa shape index (κ3) is 5.34. The van der Waals surface area contributed by atoms with Gasteiger partial charge in [0.05, 0.1) is 12.5 Å². The number of amides is 2. The van der Waals surface area contributed by atoms with Crippen LogP contribution < -0.4 is 5.32 Å². The molecule has 0 saturated carbocycles. The van der Waals surface area contributed by atoms with Gasteiger partial charge in [-0.1, -0.05) is 55.0 Å². The van der Waals surface area contributed by atoms with Gasteiger partial charge < -0.3 is 10.2 Å². The summed E-state index contributed by atoms with van der Waals surface area (Å²) in [5.41, 5.74) is 4.81. The Morgan fingerprint density at radius 3 is 2.42 bits per heavy atom. The van der Waals surface area contributed by atoms with Crippen LogP contribution in [0.25, 0.3) is 0 Å². The first-order valence-corrected chi connectivity index (χ1v) is 11.5. The van der Waals surface area contributed by atoms with Crippen molar-refractivity contribution in [1.29, 1.82) is 0 Å². The second-order valence-electron chi connectivity index (χ2n) is 8.76. The molecule has 1 atom stereocenters. The lowest BCUT2D eigenvalue weighted by Crippen LogP contribution is -2.41. The van der Waals surface area contributed by atoms with Crippen LogP contribution in [0, 0.1) is 0 Å². The van der Waals surface area contributed by atoms with Gasteiger partial charge in [-0.2, -0.15) is 0 Å². The van der Waals surface area contributed by atoms with Crippen molar-refractivity contribution >= 4 is 11.8 Å². The van der Waals surface area contributed by atoms with Crippen LogP contribution in [0.4, 0.5) is 0 Å². The lowest BCUT2D eigenvalue weighted by molar-refractivity contribution is -0.133. The van der Waals surface area contributed by atoms with Crippen LogP contribution >= 0.6 is 0 Å². The maximum atomic E-state index is 12.9. The predicted molar refractivity (Wildman–Crippen MR) is 122 cm³/mol. The molecule has 0 radical (unpaired) electrons. The molecule has 2 aromatic rings. The summed E-state index contributed by atoms with van der Waals surface area (Å²) >= 11 is 0. The maximum Gasteiger partial charge on any atom is 0.222 e. The Bertz CT molecular complexity index is 920. The summed E-state index contributed by atoms with van der Waals surface area (Å²) in [6.07, 6.45) is 5.02. The van der Waals surface area contributed by atoms with E-state index >= 15 is 0 Å². The lowest BCUT2D eigenvalue weighted by atomic mass is 9.90. The molecule has 5 nitrogen and oxygen atoms in total. The molecule has 2 amide bonds. The lowest BCUT2D eigenvalue weighted by Gasteiger charge is -2.36. The first-order valence-electron chi connectivity index (χ1n) is 11.5. The van der Waals surface area contributed by atoms with Gasteiger partial charge in [-0.05, 0) is 54.6 Å². The van der Waals surface area contributed by atoms with Crippen molar-refractivity contribution in [2.75, 3.05) is 19.6 Å². The number of likely N-dealkylation sites (tertiary alicyclic amines) is 1. The van der Waals surface area contributed by atoms with Gasteiger partial charge in [-0.15, -0.1) is 0 Å². The summed E-state index contributed by atoms with van der Waals surface area (Å²) in [5, 5.41) is 3.12. The van der Waals surface area contributed by atoms with Crippen molar-refractivity contribution in [3.63, 3.8) is 0 Å². The highest BCUT2D eigenvalue weighted by Crippen LogP contribution is 2.32. The fraction of sp³-hybridized carbons (Fsp3) is 0.462. The van der Waals surface area contributed by atoms with E-state index in [0.717, 1.165) is 31.6 Å². The SMILES string of the molecule is CC(=O)N1CCc2ccccc2C1CC(=O)NCc1ccccc1CN1CCCCC1. The molecule has 0 spiro atoms. The first-order chi connectivity index (χ1) is 15.1. The van der Waals surface area contributed by atoms with E-state index in [1.54, 1.807) is 6.92 Å². The molecule has 2 aromatic carbocycles. The molecule has 0 bridgehead atoms. The van der Waals surface area contributed by atoms with Crippen LogP contribution in [0.3, 0.4) is 0 Å². The summed E-state index contributed by atoms with van der Waals surface area (Å²) < 4.78 is 0. The summed E-state index contributed by atoms with van der Waals surface area (Å²) in [4.78, 5) is 29.5. The van der Waals surface area contributed by atoms with Gasteiger partial charge in [-0.25, -0.2) is 0 Å². The van der Waals surface area contributed by atoms with Crippen molar-refractivity contribution in [2.45, 2.75) is 58.2 Å². The molecule has 0 aliphatic carbocycles. The Labute approximate surface area is 185 Å². The molecule has 2 aliphatic rings. The molecule has 1 fully saturated rings. The molecule has 2 aliphatic heterocycles. The quantitative estimate of drug-likeness (QED) is 0.774. The van der Waals surface area contributed by atoms with Crippen molar-refractivity contribution < 1.29 is 9.59 Å². The standard InChI is InChI=1S/C26H33N3O2/c1-20(30)29-16-13-21-9-5-6-12-24(21)25(29)17-26(31)27-18-22-10-3-4-11-23(22)19-28-14-7-2-8-15-28/h3-6,9-12,25H,2,7-8,13-19H2,1H3,(H,27,31). The molecule has 31 heavy (non-hydrogen) atoms. The number of nitrogens with zero attached hydrogens (tertiary/aromatic N) is 2. The number of benzene rings is 2. The van der Waals surface area contributed by atoms with E-state index in [-0.39, 0.29) is 17.9 Å². The summed E-state index contributed by atoms with van der Waals surface area (Å²) in [5.74, 6) is 0.0138. The Hall–Kier alpha value is -2.66. The van der Waals surface area contributed by atoms with Gasteiger partial charge >= 0.3 is 0 Å². The van der Waals surface area contributed by atoms with Gasteiger partial charge in [0.2, 0.25) is 11.8 Å². The number of rotatable bonds is 6. The molecule has 164 valence electrons. The fourth-order valence-corrected chi connectivity index (χ4v) is 4.93. The largest absolute Gasteiger partial charge is 0.352 e. The van der Waals surface area contributed by atoms with Crippen molar-refractivity contribution in [3.8, 4) is 0 Å². The average Bonchev–Trinajstić information content (AvgIpc) is 2.79. The minimum absolute atomic E-state index is 0.0132. The number of piperidine rings is 1. The van der Waals surface area contributed by atoms with Gasteiger partial charge in [0, 0.05) is 26.6 Å². The van der Waals surface area contributed by atoms with Crippen LogP contribution in [0.1, 0.15) is 60.9 Å². The highest BCUT2D eigenvalue weighted by molar-refractivity contribution is 5.79. The van der Waals surface area contributed by atoms with E-state index in [9.17, 15) is 9.59 Å². The highest BCUT2D eigenvalue weighted by atomic mass is 16.2. The van der Waals surface area contributed by atoms with Crippen LogP contribution in [-0.4, -0.2) is 41.2 Å². The van der Waals surface area contributed by atoms with E-state index < -0.39 is 0 Å². The Morgan fingerprint density at radius 1 is 0.935 bits per heavy atom. The number of carbonyl (C=O) groups excluding carboxylic acids is 2. The zero-order chi connectivity index (χ0) is 21.6. The summed E-state index contributed by atoms with van der Waals surface area (Å²) in [6.45, 7) is 6.04. The second kappa shape index (κ2) is 10.1. The van der Waals surface area contributed by atoms with Gasteiger partial charge in [0.25, 0.3) is 0 Å². The second-order valence-corrected chi connectivity index (χ2v) is 8.76. The predicted octanol–water partition coefficient (Wildman–Crippen LogP) is 3.82. The molecule has 1 N–H and O–H groups in total. The molecule has 1 unspecified atom stereocenters. The van der Waals surface area contributed by atoms with Crippen molar-refractivity contribution in [2.24, 2.45) is 0 Å². The number of hydrogen-bond acceptors (Lipinski definition) is 3. The zero-order valence-electron chi connectivity index (χ0n) is 18.5. The van der Waals surface area contributed by atoms with Crippen molar-refractivity contribution in [1.82, 2.24) is 15.1 Å². The maximum absolute atomic E-state index is 12.9. The van der Waals surface area contributed by atoms with Gasteiger partial charge in [0.15, 0.2) is 0 Å². The van der Waals surface area contributed by atoms with E-state index in [0.29, 0.717) is 19.5 Å². The van der Waals surface area contributed by atoms with E-state index in [2.05, 4.69) is 40.5 Å². The monoisotopic (exact) mass is 419 g/mol. The normalized spacial score (nSPS) is 19.0. The minimum Gasteiger partial charge on any atom is -0.352 e. The van der Waals surface area contributed by atoms with E-state index in [1.165, 1.54) is 36.0 Å². The molecule has 1 saturated heterocycles. The Morgan fingerprint density at radius 2 is 1.65 bits per heavy atom. The van der Waals surface area contributed by atoms with Crippen LogP contribution in [0.15, 0.2) is 48.5 Å². The van der Waals surface area contributed by atoms with Crippen molar-refractivity contribution in [3.05, 3.63) is 70.8 Å². The molecular weight excluding hydrogens is 386 g/mol. The Balaban J connectivity index is 1.41. The van der Waals surface area contributed by atoms with Crippen LogP contribution in [-0.2, 0) is 29.1 Å². The molecule has 5 heteroatoms. The molecule has 0 aromatic heterocycles. The number of nitrogens with one attached hydrogen (secondary N) is 1. The summed E-state index contributed by atoms with van der Waals surface area (Å²) in [6, 6.07) is 16.4. The number of hydrogen-bond donors (Lipinski definition) is 1. The van der Waals surface area contributed by atoms with Gasteiger partial charge in [0.1, 0.15) is 0 Å².